The minimum absolute atomic E-state index is 0.588. The second-order valence-corrected chi connectivity index (χ2v) is 6.08. The molecule has 25 heavy (non-hydrogen) atoms. The maximum absolute atomic E-state index is 5.82. The summed E-state index contributed by atoms with van der Waals surface area (Å²) in [7, 11) is 0. The van der Waals surface area contributed by atoms with Gasteiger partial charge in [-0.2, -0.15) is 0 Å². The van der Waals surface area contributed by atoms with Crippen LogP contribution in [0.4, 0.5) is 5.82 Å². The SMILES string of the molecule is CCN(CC)c1ncc(-c2ccccc2)c2cc3c(cc12)OCCO3. The highest BCUT2D eigenvalue weighted by molar-refractivity contribution is 6.03. The summed E-state index contributed by atoms with van der Waals surface area (Å²) >= 11 is 0. The van der Waals surface area contributed by atoms with Crippen molar-refractivity contribution >= 4 is 16.6 Å². The number of benzene rings is 2. The molecule has 0 spiro atoms. The smallest absolute Gasteiger partial charge is 0.162 e. The monoisotopic (exact) mass is 334 g/mol. The van der Waals surface area contributed by atoms with E-state index in [0.29, 0.717) is 13.2 Å². The van der Waals surface area contributed by atoms with E-state index < -0.39 is 0 Å². The van der Waals surface area contributed by atoms with Crippen molar-refractivity contribution in [1.82, 2.24) is 4.98 Å². The van der Waals surface area contributed by atoms with Crippen LogP contribution < -0.4 is 14.4 Å². The van der Waals surface area contributed by atoms with Crippen molar-refractivity contribution in [2.75, 3.05) is 31.2 Å². The third-order valence-electron chi connectivity index (χ3n) is 4.68. The molecule has 0 saturated heterocycles. The summed E-state index contributed by atoms with van der Waals surface area (Å²) < 4.78 is 11.6. The number of hydrogen-bond acceptors (Lipinski definition) is 4. The van der Waals surface area contributed by atoms with E-state index in [1.165, 1.54) is 0 Å². The molecular weight excluding hydrogens is 312 g/mol. The Morgan fingerprint density at radius 1 is 0.920 bits per heavy atom. The van der Waals surface area contributed by atoms with Gasteiger partial charge in [-0.3, -0.25) is 0 Å². The first-order chi connectivity index (χ1) is 12.3. The van der Waals surface area contributed by atoms with Gasteiger partial charge in [0, 0.05) is 30.2 Å². The molecule has 1 aliphatic heterocycles. The summed E-state index contributed by atoms with van der Waals surface area (Å²) in [6, 6.07) is 14.5. The number of hydrogen-bond donors (Lipinski definition) is 0. The molecule has 0 bridgehead atoms. The van der Waals surface area contributed by atoms with Crippen LogP contribution in [-0.2, 0) is 0 Å². The number of fused-ring (bicyclic) bond motifs is 2. The molecule has 128 valence electrons. The van der Waals surface area contributed by atoms with Gasteiger partial charge >= 0.3 is 0 Å². The normalized spacial score (nSPS) is 13.0. The molecule has 4 heteroatoms. The highest BCUT2D eigenvalue weighted by Crippen LogP contribution is 2.41. The summed E-state index contributed by atoms with van der Waals surface area (Å²) in [6.07, 6.45) is 1.97. The van der Waals surface area contributed by atoms with E-state index >= 15 is 0 Å². The summed E-state index contributed by atoms with van der Waals surface area (Å²) in [5.41, 5.74) is 2.27. The number of nitrogens with zero attached hydrogens (tertiary/aromatic N) is 2. The third kappa shape index (κ3) is 2.78. The molecule has 0 atom stereocenters. The standard InChI is InChI=1S/C21H22N2O2/c1-3-23(4-2)21-17-13-20-19(24-10-11-25-20)12-16(17)18(14-22-21)15-8-6-5-7-9-15/h5-9,12-14H,3-4,10-11H2,1-2H3. The summed E-state index contributed by atoms with van der Waals surface area (Å²) in [4.78, 5) is 7.07. The van der Waals surface area contributed by atoms with Crippen molar-refractivity contribution in [3.63, 3.8) is 0 Å². The Kier molecular flexibility index (Phi) is 4.18. The van der Waals surface area contributed by atoms with Crippen molar-refractivity contribution < 1.29 is 9.47 Å². The number of ether oxygens (including phenoxy) is 2. The Morgan fingerprint density at radius 2 is 1.56 bits per heavy atom. The quantitative estimate of drug-likeness (QED) is 0.703. The average molecular weight is 334 g/mol. The first-order valence-corrected chi connectivity index (χ1v) is 8.84. The van der Waals surface area contributed by atoms with Gasteiger partial charge in [0.05, 0.1) is 0 Å². The van der Waals surface area contributed by atoms with Gasteiger partial charge < -0.3 is 14.4 Å². The van der Waals surface area contributed by atoms with E-state index in [1.807, 2.05) is 12.3 Å². The number of pyridine rings is 1. The second kappa shape index (κ2) is 6.63. The lowest BCUT2D eigenvalue weighted by Gasteiger charge is -2.25. The van der Waals surface area contributed by atoms with Crippen LogP contribution >= 0.6 is 0 Å². The fourth-order valence-electron chi connectivity index (χ4n) is 3.38. The predicted molar refractivity (Wildman–Crippen MR) is 102 cm³/mol. The molecule has 0 aliphatic carbocycles. The second-order valence-electron chi connectivity index (χ2n) is 6.08. The van der Waals surface area contributed by atoms with Gasteiger partial charge in [0.15, 0.2) is 11.5 Å². The van der Waals surface area contributed by atoms with Crippen molar-refractivity contribution in [1.29, 1.82) is 0 Å². The largest absolute Gasteiger partial charge is 0.486 e. The lowest BCUT2D eigenvalue weighted by atomic mass is 9.99. The topological polar surface area (TPSA) is 34.6 Å². The van der Waals surface area contributed by atoms with E-state index in [2.05, 4.69) is 55.1 Å². The zero-order chi connectivity index (χ0) is 17.2. The van der Waals surface area contributed by atoms with E-state index in [0.717, 1.165) is 52.3 Å². The van der Waals surface area contributed by atoms with Crippen LogP contribution in [0.3, 0.4) is 0 Å². The Morgan fingerprint density at radius 3 is 2.20 bits per heavy atom. The summed E-state index contributed by atoms with van der Waals surface area (Å²) in [5.74, 6) is 2.61. The van der Waals surface area contributed by atoms with Gasteiger partial charge in [-0.1, -0.05) is 30.3 Å². The van der Waals surface area contributed by atoms with Crippen molar-refractivity contribution in [2.24, 2.45) is 0 Å². The maximum Gasteiger partial charge on any atom is 0.162 e. The van der Waals surface area contributed by atoms with Crippen molar-refractivity contribution in [2.45, 2.75) is 13.8 Å². The Balaban J connectivity index is 2.00. The highest BCUT2D eigenvalue weighted by atomic mass is 16.6. The lowest BCUT2D eigenvalue weighted by Crippen LogP contribution is -2.23. The zero-order valence-corrected chi connectivity index (χ0v) is 14.7. The van der Waals surface area contributed by atoms with Gasteiger partial charge in [-0.05, 0) is 36.9 Å². The van der Waals surface area contributed by atoms with E-state index in [1.54, 1.807) is 0 Å². The number of aromatic nitrogens is 1. The molecule has 4 rings (SSSR count). The minimum Gasteiger partial charge on any atom is -0.486 e. The van der Waals surface area contributed by atoms with E-state index in [9.17, 15) is 0 Å². The Hall–Kier alpha value is -2.75. The van der Waals surface area contributed by atoms with Crippen LogP contribution in [0.15, 0.2) is 48.7 Å². The number of anilines is 1. The van der Waals surface area contributed by atoms with Crippen LogP contribution in [0.1, 0.15) is 13.8 Å². The van der Waals surface area contributed by atoms with Crippen LogP contribution in [-0.4, -0.2) is 31.3 Å². The van der Waals surface area contributed by atoms with Gasteiger partial charge in [0.1, 0.15) is 19.0 Å². The summed E-state index contributed by atoms with van der Waals surface area (Å²) in [6.45, 7) is 7.31. The molecule has 2 aromatic carbocycles. The lowest BCUT2D eigenvalue weighted by molar-refractivity contribution is 0.172. The van der Waals surface area contributed by atoms with Crippen molar-refractivity contribution in [3.05, 3.63) is 48.7 Å². The first kappa shape index (κ1) is 15.8. The zero-order valence-electron chi connectivity index (χ0n) is 14.7. The fourth-order valence-corrected chi connectivity index (χ4v) is 3.38. The van der Waals surface area contributed by atoms with Gasteiger partial charge in [-0.15, -0.1) is 0 Å². The summed E-state index contributed by atoms with van der Waals surface area (Å²) in [5, 5.41) is 2.25. The molecule has 1 aliphatic rings. The van der Waals surface area contributed by atoms with E-state index in [-0.39, 0.29) is 0 Å². The van der Waals surface area contributed by atoms with Crippen molar-refractivity contribution in [3.8, 4) is 22.6 Å². The molecule has 0 fully saturated rings. The molecule has 0 amide bonds. The molecule has 0 unspecified atom stereocenters. The molecule has 0 radical (unpaired) electrons. The van der Waals surface area contributed by atoms with Gasteiger partial charge in [0.25, 0.3) is 0 Å². The molecule has 1 aromatic heterocycles. The molecule has 4 nitrogen and oxygen atoms in total. The number of rotatable bonds is 4. The maximum atomic E-state index is 5.82. The van der Waals surface area contributed by atoms with Gasteiger partial charge in [0.2, 0.25) is 0 Å². The molecule has 0 N–H and O–H groups in total. The van der Waals surface area contributed by atoms with Crippen LogP contribution in [0.5, 0.6) is 11.5 Å². The molecule has 0 saturated carbocycles. The molecule has 2 heterocycles. The van der Waals surface area contributed by atoms with Crippen LogP contribution in [0.25, 0.3) is 21.9 Å². The van der Waals surface area contributed by atoms with Gasteiger partial charge in [-0.25, -0.2) is 4.98 Å². The molecule has 3 aromatic rings. The van der Waals surface area contributed by atoms with E-state index in [4.69, 9.17) is 14.5 Å². The van der Waals surface area contributed by atoms with Crippen LogP contribution in [0.2, 0.25) is 0 Å². The average Bonchev–Trinajstić information content (AvgIpc) is 2.68. The van der Waals surface area contributed by atoms with Crippen LogP contribution in [0, 0.1) is 0 Å². The first-order valence-electron chi connectivity index (χ1n) is 8.84. The highest BCUT2D eigenvalue weighted by Gasteiger charge is 2.19. The Labute approximate surface area is 148 Å². The minimum atomic E-state index is 0.588. The Bertz CT molecular complexity index is 889. The third-order valence-corrected chi connectivity index (χ3v) is 4.68. The molecular formula is C21H22N2O2. The fraction of sp³-hybridized carbons (Fsp3) is 0.286. The predicted octanol–water partition coefficient (Wildman–Crippen LogP) is 4.52.